The number of anilines is 1. The minimum atomic E-state index is -0.577. The Morgan fingerprint density at radius 3 is 2.67 bits per heavy atom. The van der Waals surface area contributed by atoms with Gasteiger partial charge in [-0.15, -0.1) is 0 Å². The van der Waals surface area contributed by atoms with Crippen LogP contribution in [0.15, 0.2) is 54.6 Å². The summed E-state index contributed by atoms with van der Waals surface area (Å²) < 4.78 is 5.75. The molecule has 1 atom stereocenters. The third kappa shape index (κ3) is 3.23. The van der Waals surface area contributed by atoms with Gasteiger partial charge >= 0.3 is 0 Å². The average molecular weight is 283 g/mol. The van der Waals surface area contributed by atoms with Gasteiger partial charge < -0.3 is 14.7 Å². The highest BCUT2D eigenvalue weighted by molar-refractivity contribution is 5.96. The van der Waals surface area contributed by atoms with E-state index in [1.807, 2.05) is 54.6 Å². The Labute approximate surface area is 123 Å². The molecule has 108 valence electrons. The minimum Gasteiger partial charge on any atom is -0.489 e. The van der Waals surface area contributed by atoms with Crippen molar-refractivity contribution in [2.24, 2.45) is 0 Å². The first kappa shape index (κ1) is 13.6. The smallest absolute Gasteiger partial charge is 0.229 e. The Bertz CT molecular complexity index is 627. The normalized spacial score (nSPS) is 18.0. The van der Waals surface area contributed by atoms with E-state index in [4.69, 9.17) is 4.74 Å². The summed E-state index contributed by atoms with van der Waals surface area (Å²) >= 11 is 0. The Morgan fingerprint density at radius 1 is 1.14 bits per heavy atom. The number of ether oxygens (including phenoxy) is 1. The third-order valence-electron chi connectivity index (χ3n) is 3.48. The summed E-state index contributed by atoms with van der Waals surface area (Å²) in [5.41, 5.74) is 1.86. The fraction of sp³-hybridized carbons (Fsp3) is 0.235. The van der Waals surface area contributed by atoms with Crippen molar-refractivity contribution in [1.82, 2.24) is 0 Å². The van der Waals surface area contributed by atoms with Crippen molar-refractivity contribution in [3.05, 3.63) is 60.2 Å². The summed E-state index contributed by atoms with van der Waals surface area (Å²) in [6, 6.07) is 17.3. The van der Waals surface area contributed by atoms with Crippen LogP contribution in [0, 0.1) is 0 Å². The number of β-amino-alcohol motifs (C(OH)–C–C–N with tert-alkyl or cyclic N) is 1. The molecule has 2 aromatic rings. The number of carbonyl (C=O) groups excluding carboxylic acids is 1. The van der Waals surface area contributed by atoms with Crippen LogP contribution in [0.3, 0.4) is 0 Å². The molecule has 1 fully saturated rings. The molecule has 4 heteroatoms. The monoisotopic (exact) mass is 283 g/mol. The molecule has 1 saturated heterocycles. The van der Waals surface area contributed by atoms with Crippen molar-refractivity contribution >= 4 is 11.6 Å². The van der Waals surface area contributed by atoms with Gasteiger partial charge in [-0.3, -0.25) is 4.79 Å². The van der Waals surface area contributed by atoms with E-state index in [0.717, 1.165) is 11.3 Å². The molecule has 1 amide bonds. The van der Waals surface area contributed by atoms with Gasteiger partial charge in [0.05, 0.1) is 19.1 Å². The van der Waals surface area contributed by atoms with E-state index in [2.05, 4.69) is 0 Å². The van der Waals surface area contributed by atoms with Gasteiger partial charge in [0.25, 0.3) is 0 Å². The summed E-state index contributed by atoms with van der Waals surface area (Å²) in [6.45, 7) is 0.835. The first-order chi connectivity index (χ1) is 10.2. The third-order valence-corrected chi connectivity index (χ3v) is 3.48. The maximum Gasteiger partial charge on any atom is 0.229 e. The Kier molecular flexibility index (Phi) is 3.88. The van der Waals surface area contributed by atoms with E-state index in [9.17, 15) is 9.90 Å². The van der Waals surface area contributed by atoms with Crippen molar-refractivity contribution in [1.29, 1.82) is 0 Å². The SMILES string of the molecule is O=C1CC(O)CN1c1cccc(OCc2ccccc2)c1. The molecule has 1 N–H and O–H groups in total. The van der Waals surface area contributed by atoms with Gasteiger partial charge in [0.1, 0.15) is 12.4 Å². The van der Waals surface area contributed by atoms with E-state index in [1.165, 1.54) is 0 Å². The maximum absolute atomic E-state index is 11.8. The minimum absolute atomic E-state index is 0.0530. The first-order valence-corrected chi connectivity index (χ1v) is 6.97. The molecule has 0 aliphatic carbocycles. The summed E-state index contributed by atoms with van der Waals surface area (Å²) in [5, 5.41) is 9.56. The lowest BCUT2D eigenvalue weighted by Crippen LogP contribution is -2.25. The molecule has 0 saturated carbocycles. The zero-order valence-corrected chi connectivity index (χ0v) is 11.6. The summed E-state index contributed by atoms with van der Waals surface area (Å²) in [4.78, 5) is 13.4. The molecule has 1 unspecified atom stereocenters. The summed E-state index contributed by atoms with van der Waals surface area (Å²) in [5.74, 6) is 0.660. The number of amides is 1. The van der Waals surface area contributed by atoms with Crippen molar-refractivity contribution < 1.29 is 14.6 Å². The van der Waals surface area contributed by atoms with Crippen LogP contribution in [0.25, 0.3) is 0 Å². The summed E-state index contributed by atoms with van der Waals surface area (Å²) in [6.07, 6.45) is -0.388. The van der Waals surface area contributed by atoms with Gasteiger partial charge in [-0.2, -0.15) is 0 Å². The molecular weight excluding hydrogens is 266 g/mol. The molecule has 21 heavy (non-hydrogen) atoms. The second-order valence-corrected chi connectivity index (χ2v) is 5.13. The first-order valence-electron chi connectivity index (χ1n) is 6.97. The number of aliphatic hydroxyl groups excluding tert-OH is 1. The largest absolute Gasteiger partial charge is 0.489 e. The lowest BCUT2D eigenvalue weighted by molar-refractivity contribution is -0.117. The molecule has 0 radical (unpaired) electrons. The van der Waals surface area contributed by atoms with Crippen molar-refractivity contribution in [2.75, 3.05) is 11.4 Å². The number of carbonyl (C=O) groups is 1. The maximum atomic E-state index is 11.8. The number of benzene rings is 2. The van der Waals surface area contributed by atoms with Gasteiger partial charge in [-0.1, -0.05) is 36.4 Å². The van der Waals surface area contributed by atoms with E-state index in [-0.39, 0.29) is 12.3 Å². The van der Waals surface area contributed by atoms with Crippen molar-refractivity contribution in [2.45, 2.75) is 19.1 Å². The molecule has 0 bridgehead atoms. The molecule has 0 spiro atoms. The molecule has 1 heterocycles. The van der Waals surface area contributed by atoms with Crippen LogP contribution in [-0.4, -0.2) is 23.7 Å². The number of nitrogens with zero attached hydrogens (tertiary/aromatic N) is 1. The van der Waals surface area contributed by atoms with E-state index < -0.39 is 6.10 Å². The molecule has 2 aromatic carbocycles. The Balaban J connectivity index is 1.70. The van der Waals surface area contributed by atoms with E-state index >= 15 is 0 Å². The fourth-order valence-electron chi connectivity index (χ4n) is 2.42. The highest BCUT2D eigenvalue weighted by Crippen LogP contribution is 2.26. The second kappa shape index (κ2) is 5.97. The number of hydrogen-bond donors (Lipinski definition) is 1. The quantitative estimate of drug-likeness (QED) is 0.937. The zero-order valence-electron chi connectivity index (χ0n) is 11.6. The molecule has 1 aliphatic rings. The van der Waals surface area contributed by atoms with Crippen LogP contribution in [-0.2, 0) is 11.4 Å². The zero-order chi connectivity index (χ0) is 14.7. The highest BCUT2D eigenvalue weighted by atomic mass is 16.5. The van der Waals surface area contributed by atoms with Crippen molar-refractivity contribution in [3.8, 4) is 5.75 Å². The van der Waals surface area contributed by atoms with E-state index in [1.54, 1.807) is 4.90 Å². The van der Waals surface area contributed by atoms with Gasteiger partial charge in [0.15, 0.2) is 0 Å². The summed E-state index contributed by atoms with van der Waals surface area (Å²) in [7, 11) is 0. The van der Waals surface area contributed by atoms with Gasteiger partial charge in [-0.25, -0.2) is 0 Å². The Hall–Kier alpha value is -2.33. The van der Waals surface area contributed by atoms with Crippen molar-refractivity contribution in [3.63, 3.8) is 0 Å². The predicted octanol–water partition coefficient (Wildman–Crippen LogP) is 2.36. The predicted molar refractivity (Wildman–Crippen MR) is 80.2 cm³/mol. The second-order valence-electron chi connectivity index (χ2n) is 5.13. The van der Waals surface area contributed by atoms with Crippen LogP contribution >= 0.6 is 0 Å². The molecule has 3 rings (SSSR count). The van der Waals surface area contributed by atoms with Crippen LogP contribution in [0.1, 0.15) is 12.0 Å². The Morgan fingerprint density at radius 2 is 1.95 bits per heavy atom. The fourth-order valence-corrected chi connectivity index (χ4v) is 2.42. The average Bonchev–Trinajstić information content (AvgIpc) is 2.85. The van der Waals surface area contributed by atoms with Gasteiger partial charge in [0, 0.05) is 11.8 Å². The van der Waals surface area contributed by atoms with Crippen LogP contribution in [0.4, 0.5) is 5.69 Å². The van der Waals surface area contributed by atoms with Crippen LogP contribution in [0.2, 0.25) is 0 Å². The molecular formula is C17H17NO3. The standard InChI is InChI=1S/C17H17NO3/c19-15-10-17(20)18(11-15)14-7-4-8-16(9-14)21-12-13-5-2-1-3-6-13/h1-9,15,19H,10-12H2. The molecule has 1 aliphatic heterocycles. The number of aliphatic hydroxyl groups is 1. The lowest BCUT2D eigenvalue weighted by atomic mass is 10.2. The van der Waals surface area contributed by atoms with Gasteiger partial charge in [-0.05, 0) is 17.7 Å². The lowest BCUT2D eigenvalue weighted by Gasteiger charge is -2.17. The molecule has 0 aromatic heterocycles. The number of hydrogen-bond acceptors (Lipinski definition) is 3. The van der Waals surface area contributed by atoms with Gasteiger partial charge in [0.2, 0.25) is 5.91 Å². The van der Waals surface area contributed by atoms with E-state index in [0.29, 0.717) is 18.9 Å². The topological polar surface area (TPSA) is 49.8 Å². The number of rotatable bonds is 4. The van der Waals surface area contributed by atoms with Crippen LogP contribution < -0.4 is 9.64 Å². The van der Waals surface area contributed by atoms with Crippen LogP contribution in [0.5, 0.6) is 5.75 Å². The molecule has 4 nitrogen and oxygen atoms in total. The highest BCUT2D eigenvalue weighted by Gasteiger charge is 2.29.